The fraction of sp³-hybridized carbons (Fsp3) is 1.00. The lowest BCUT2D eigenvalue weighted by Crippen LogP contribution is -2.54. The molecule has 2 rings (SSSR count). The van der Waals surface area contributed by atoms with Crippen LogP contribution in [0.5, 0.6) is 0 Å². The van der Waals surface area contributed by atoms with Crippen LogP contribution >= 0.6 is 11.8 Å². The molecule has 2 nitrogen and oxygen atoms in total. The first kappa shape index (κ1) is 11.7. The maximum absolute atomic E-state index is 6.01. The summed E-state index contributed by atoms with van der Waals surface area (Å²) >= 11 is 2.09. The summed E-state index contributed by atoms with van der Waals surface area (Å²) in [6.07, 6.45) is 5.60. The zero-order valence-electron chi connectivity index (χ0n) is 10.0. The molecule has 88 valence electrons. The second-order valence-electron chi connectivity index (χ2n) is 5.43. The smallest absolute Gasteiger partial charge is 0.0429 e. The molecule has 15 heavy (non-hydrogen) atoms. The molecule has 2 unspecified atom stereocenters. The molecule has 1 saturated carbocycles. The van der Waals surface area contributed by atoms with Gasteiger partial charge in [-0.05, 0) is 32.2 Å². The number of hydrogen-bond acceptors (Lipinski definition) is 3. The van der Waals surface area contributed by atoms with Gasteiger partial charge < -0.3 is 5.73 Å². The van der Waals surface area contributed by atoms with Gasteiger partial charge in [0.1, 0.15) is 0 Å². The van der Waals surface area contributed by atoms with Gasteiger partial charge in [0.15, 0.2) is 0 Å². The van der Waals surface area contributed by atoms with Crippen molar-refractivity contribution in [3.8, 4) is 0 Å². The van der Waals surface area contributed by atoms with E-state index in [1.165, 1.54) is 38.0 Å². The molecule has 1 saturated heterocycles. The Kier molecular flexibility index (Phi) is 3.63. The molecule has 1 aliphatic heterocycles. The summed E-state index contributed by atoms with van der Waals surface area (Å²) in [6.45, 7) is 4.43. The predicted octanol–water partition coefficient (Wildman–Crippen LogP) is 1.94. The highest BCUT2D eigenvalue weighted by atomic mass is 32.2. The molecule has 0 aromatic heterocycles. The molecule has 2 fully saturated rings. The van der Waals surface area contributed by atoms with Crippen LogP contribution in [0.2, 0.25) is 0 Å². The summed E-state index contributed by atoms with van der Waals surface area (Å²) in [5.41, 5.74) is 6.32. The van der Waals surface area contributed by atoms with E-state index in [1.807, 2.05) is 0 Å². The zero-order valence-corrected chi connectivity index (χ0v) is 10.9. The molecule has 0 radical (unpaired) electrons. The van der Waals surface area contributed by atoms with Crippen LogP contribution in [-0.4, -0.2) is 41.6 Å². The largest absolute Gasteiger partial charge is 0.329 e. The van der Waals surface area contributed by atoms with Crippen molar-refractivity contribution in [3.63, 3.8) is 0 Å². The maximum atomic E-state index is 6.01. The van der Waals surface area contributed by atoms with Crippen LogP contribution in [0.15, 0.2) is 0 Å². The maximum Gasteiger partial charge on any atom is 0.0429 e. The van der Waals surface area contributed by atoms with Crippen molar-refractivity contribution in [2.75, 3.05) is 25.9 Å². The molecular weight excluding hydrogens is 204 g/mol. The van der Waals surface area contributed by atoms with E-state index in [-0.39, 0.29) is 0 Å². The summed E-state index contributed by atoms with van der Waals surface area (Å²) in [7, 11) is 2.28. The van der Waals surface area contributed by atoms with Crippen LogP contribution in [-0.2, 0) is 0 Å². The number of nitrogens with two attached hydrogens (primary N) is 1. The third-order valence-electron chi connectivity index (χ3n) is 4.25. The molecule has 0 bridgehead atoms. The molecule has 0 aromatic rings. The summed E-state index contributed by atoms with van der Waals surface area (Å²) in [4.78, 5) is 2.56. The molecule has 2 aliphatic rings. The lowest BCUT2D eigenvalue weighted by Gasteiger charge is -2.41. The van der Waals surface area contributed by atoms with E-state index < -0.39 is 0 Å². The van der Waals surface area contributed by atoms with Gasteiger partial charge in [-0.3, -0.25) is 4.90 Å². The Bertz CT molecular complexity index is 218. The van der Waals surface area contributed by atoms with Crippen molar-refractivity contribution < 1.29 is 0 Å². The normalized spacial score (nSPS) is 37.2. The van der Waals surface area contributed by atoms with Gasteiger partial charge in [-0.15, -0.1) is 0 Å². The van der Waals surface area contributed by atoms with Crippen LogP contribution in [0.3, 0.4) is 0 Å². The minimum absolute atomic E-state index is 0.305. The van der Waals surface area contributed by atoms with E-state index in [0.29, 0.717) is 5.54 Å². The minimum atomic E-state index is 0.305. The highest BCUT2D eigenvalue weighted by Gasteiger charge is 2.41. The van der Waals surface area contributed by atoms with Crippen molar-refractivity contribution in [3.05, 3.63) is 0 Å². The average Bonchev–Trinajstić information content (AvgIpc) is 2.55. The van der Waals surface area contributed by atoms with Crippen LogP contribution in [0.25, 0.3) is 0 Å². The number of likely N-dealkylation sites (N-methyl/N-ethyl adjacent to an activating group) is 1. The number of nitrogens with zero attached hydrogens (tertiary/aromatic N) is 1. The summed E-state index contributed by atoms with van der Waals surface area (Å²) in [6, 6.07) is 0. The fourth-order valence-corrected chi connectivity index (χ4v) is 4.25. The third kappa shape index (κ3) is 2.34. The standard InChI is InChI=1S/C12H24N2S/c1-10-6-12(8-13,9-15-10)14(2)7-11-4-3-5-11/h10-11H,3-9,13H2,1-2H3. The van der Waals surface area contributed by atoms with E-state index in [4.69, 9.17) is 5.73 Å². The summed E-state index contributed by atoms with van der Waals surface area (Å²) in [5.74, 6) is 2.19. The Hall–Kier alpha value is 0.270. The van der Waals surface area contributed by atoms with Gasteiger partial charge in [-0.25, -0.2) is 0 Å². The fourth-order valence-electron chi connectivity index (χ4n) is 2.77. The molecule has 2 N–H and O–H groups in total. The van der Waals surface area contributed by atoms with Crippen LogP contribution in [0, 0.1) is 5.92 Å². The Balaban J connectivity index is 1.92. The Morgan fingerprint density at radius 1 is 1.47 bits per heavy atom. The van der Waals surface area contributed by atoms with Gasteiger partial charge >= 0.3 is 0 Å². The van der Waals surface area contributed by atoms with E-state index in [2.05, 4.69) is 30.6 Å². The van der Waals surface area contributed by atoms with Gasteiger partial charge in [0, 0.05) is 29.6 Å². The lowest BCUT2D eigenvalue weighted by molar-refractivity contribution is 0.100. The lowest BCUT2D eigenvalue weighted by atomic mass is 9.83. The molecule has 1 aliphatic carbocycles. The topological polar surface area (TPSA) is 29.3 Å². The van der Waals surface area contributed by atoms with Crippen molar-refractivity contribution in [2.45, 2.75) is 43.4 Å². The van der Waals surface area contributed by atoms with Gasteiger partial charge in [0.25, 0.3) is 0 Å². The van der Waals surface area contributed by atoms with Crippen LogP contribution in [0.4, 0.5) is 0 Å². The molecule has 0 aromatic carbocycles. The van der Waals surface area contributed by atoms with Crippen LogP contribution in [0.1, 0.15) is 32.6 Å². The minimum Gasteiger partial charge on any atom is -0.329 e. The van der Waals surface area contributed by atoms with E-state index in [1.54, 1.807) is 0 Å². The quantitative estimate of drug-likeness (QED) is 0.797. The molecule has 1 heterocycles. The Morgan fingerprint density at radius 2 is 2.20 bits per heavy atom. The van der Waals surface area contributed by atoms with Gasteiger partial charge in [0.2, 0.25) is 0 Å². The van der Waals surface area contributed by atoms with Crippen LogP contribution < -0.4 is 5.73 Å². The van der Waals surface area contributed by atoms with Crippen molar-refractivity contribution in [1.82, 2.24) is 4.90 Å². The Morgan fingerprint density at radius 3 is 2.60 bits per heavy atom. The SMILES string of the molecule is CC1CC(CN)(N(C)CC2CCC2)CS1. The predicted molar refractivity (Wildman–Crippen MR) is 68.3 cm³/mol. The van der Waals surface area contributed by atoms with E-state index >= 15 is 0 Å². The van der Waals surface area contributed by atoms with Gasteiger partial charge in [-0.1, -0.05) is 13.3 Å². The molecule has 2 atom stereocenters. The first-order valence-corrected chi connectivity index (χ1v) is 7.24. The van der Waals surface area contributed by atoms with Crippen molar-refractivity contribution in [2.24, 2.45) is 11.7 Å². The molecular formula is C12H24N2S. The number of hydrogen-bond donors (Lipinski definition) is 1. The van der Waals surface area contributed by atoms with Gasteiger partial charge in [-0.2, -0.15) is 11.8 Å². The average molecular weight is 228 g/mol. The highest BCUT2D eigenvalue weighted by Crippen LogP contribution is 2.39. The van der Waals surface area contributed by atoms with E-state index in [9.17, 15) is 0 Å². The summed E-state index contributed by atoms with van der Waals surface area (Å²) in [5, 5.41) is 0.789. The molecule has 3 heteroatoms. The monoisotopic (exact) mass is 228 g/mol. The second kappa shape index (κ2) is 4.64. The zero-order chi connectivity index (χ0) is 10.9. The first-order valence-electron chi connectivity index (χ1n) is 6.19. The molecule has 0 spiro atoms. The third-order valence-corrected chi connectivity index (χ3v) is 5.69. The van der Waals surface area contributed by atoms with Crippen molar-refractivity contribution >= 4 is 11.8 Å². The highest BCUT2D eigenvalue weighted by molar-refractivity contribution is 8.00. The summed E-state index contributed by atoms with van der Waals surface area (Å²) < 4.78 is 0. The number of thioether (sulfide) groups is 1. The molecule has 0 amide bonds. The van der Waals surface area contributed by atoms with Crippen molar-refractivity contribution in [1.29, 1.82) is 0 Å². The number of rotatable bonds is 4. The van der Waals surface area contributed by atoms with E-state index in [0.717, 1.165) is 17.7 Å². The Labute approximate surface area is 98.0 Å². The van der Waals surface area contributed by atoms with Gasteiger partial charge in [0.05, 0.1) is 0 Å². The first-order chi connectivity index (χ1) is 7.16. The second-order valence-corrected chi connectivity index (χ2v) is 6.86.